The van der Waals surface area contributed by atoms with Gasteiger partial charge in [-0.05, 0) is 42.0 Å². The number of carboxylic acids is 1. The summed E-state index contributed by atoms with van der Waals surface area (Å²) >= 11 is 3.48. The van der Waals surface area contributed by atoms with E-state index in [1.165, 1.54) is 0 Å². The predicted octanol–water partition coefficient (Wildman–Crippen LogP) is 3.96. The van der Waals surface area contributed by atoms with Gasteiger partial charge in [0.15, 0.2) is 11.3 Å². The summed E-state index contributed by atoms with van der Waals surface area (Å²) in [4.78, 5) is 15.9. The van der Waals surface area contributed by atoms with Crippen molar-refractivity contribution in [2.45, 2.75) is 18.8 Å². The second kappa shape index (κ2) is 4.91. The Morgan fingerprint density at radius 2 is 2.18 bits per heavy atom. The van der Waals surface area contributed by atoms with Crippen molar-refractivity contribution in [3.05, 3.63) is 46.2 Å². The van der Waals surface area contributed by atoms with Gasteiger partial charge >= 0.3 is 5.97 Å². The van der Waals surface area contributed by atoms with E-state index < -0.39 is 5.97 Å². The molecule has 0 amide bonds. The lowest BCUT2D eigenvalue weighted by Crippen LogP contribution is -1.99. The number of carbonyl (C=O) groups is 1. The molecule has 0 atom stereocenters. The van der Waals surface area contributed by atoms with Crippen LogP contribution in [0.3, 0.4) is 0 Å². The second-order valence-corrected chi connectivity index (χ2v) is 6.39. The van der Waals surface area contributed by atoms with E-state index in [0.29, 0.717) is 17.0 Å². The number of H-pyrrole nitrogens is 1. The van der Waals surface area contributed by atoms with E-state index in [4.69, 9.17) is 0 Å². The zero-order valence-corrected chi connectivity index (χ0v) is 13.1. The number of pyridine rings is 1. The Morgan fingerprint density at radius 1 is 1.36 bits per heavy atom. The molecule has 22 heavy (non-hydrogen) atoms. The average Bonchev–Trinajstić information content (AvgIpc) is 3.24. The third-order valence-electron chi connectivity index (χ3n) is 3.95. The number of aromatic amines is 1. The quantitative estimate of drug-likeness (QED) is 0.743. The molecule has 1 saturated carbocycles. The molecule has 0 aliphatic heterocycles. The molecule has 2 aromatic heterocycles. The molecule has 0 bridgehead atoms. The third-order valence-corrected chi connectivity index (χ3v) is 4.44. The molecule has 2 N–H and O–H groups in total. The topological polar surface area (TPSA) is 78.9 Å². The predicted molar refractivity (Wildman–Crippen MR) is 86.0 cm³/mol. The summed E-state index contributed by atoms with van der Waals surface area (Å²) in [5.41, 5.74) is 3.55. The molecule has 6 heteroatoms. The van der Waals surface area contributed by atoms with Crippen LogP contribution in [-0.2, 0) is 0 Å². The SMILES string of the molecule is O=C(O)c1n[nH]c2ncc(C3CC3)c(-c3cccc(Br)c3)c12. The number of nitrogens with one attached hydrogen (secondary N) is 1. The van der Waals surface area contributed by atoms with E-state index in [1.54, 1.807) is 0 Å². The maximum atomic E-state index is 11.5. The zero-order chi connectivity index (χ0) is 15.3. The van der Waals surface area contributed by atoms with Crippen molar-refractivity contribution >= 4 is 32.9 Å². The van der Waals surface area contributed by atoms with Crippen LogP contribution < -0.4 is 0 Å². The first kappa shape index (κ1) is 13.5. The first-order chi connectivity index (χ1) is 10.6. The van der Waals surface area contributed by atoms with E-state index in [0.717, 1.165) is 34.0 Å². The summed E-state index contributed by atoms with van der Waals surface area (Å²) < 4.78 is 0.956. The molecule has 0 unspecified atom stereocenters. The van der Waals surface area contributed by atoms with Crippen LogP contribution in [0.2, 0.25) is 0 Å². The van der Waals surface area contributed by atoms with E-state index in [-0.39, 0.29) is 5.69 Å². The summed E-state index contributed by atoms with van der Waals surface area (Å²) in [7, 11) is 0. The Hall–Kier alpha value is -2.21. The highest BCUT2D eigenvalue weighted by Crippen LogP contribution is 2.46. The van der Waals surface area contributed by atoms with Gasteiger partial charge in [-0.3, -0.25) is 5.10 Å². The van der Waals surface area contributed by atoms with Crippen LogP contribution in [0.1, 0.15) is 34.8 Å². The fourth-order valence-electron chi connectivity index (χ4n) is 2.82. The summed E-state index contributed by atoms with van der Waals surface area (Å²) in [6.45, 7) is 0. The number of fused-ring (bicyclic) bond motifs is 1. The maximum Gasteiger partial charge on any atom is 0.357 e. The van der Waals surface area contributed by atoms with Gasteiger partial charge < -0.3 is 5.11 Å². The van der Waals surface area contributed by atoms with Gasteiger partial charge in [0.25, 0.3) is 0 Å². The number of rotatable bonds is 3. The summed E-state index contributed by atoms with van der Waals surface area (Å²) in [5.74, 6) is -0.584. The van der Waals surface area contributed by atoms with Gasteiger partial charge in [0.2, 0.25) is 0 Å². The van der Waals surface area contributed by atoms with Crippen molar-refractivity contribution in [1.29, 1.82) is 0 Å². The highest BCUT2D eigenvalue weighted by molar-refractivity contribution is 9.10. The Bertz CT molecular complexity index is 900. The Morgan fingerprint density at radius 3 is 2.86 bits per heavy atom. The number of aromatic carboxylic acids is 1. The lowest BCUT2D eigenvalue weighted by Gasteiger charge is -2.11. The molecule has 0 spiro atoms. The van der Waals surface area contributed by atoms with E-state index in [9.17, 15) is 9.90 Å². The van der Waals surface area contributed by atoms with Crippen molar-refractivity contribution in [1.82, 2.24) is 15.2 Å². The number of hydrogen-bond donors (Lipinski definition) is 2. The van der Waals surface area contributed by atoms with Crippen LogP contribution >= 0.6 is 15.9 Å². The minimum absolute atomic E-state index is 0.0278. The van der Waals surface area contributed by atoms with E-state index in [1.807, 2.05) is 30.5 Å². The Kier molecular flexibility index (Phi) is 3.00. The summed E-state index contributed by atoms with van der Waals surface area (Å²) in [5, 5.41) is 16.7. The molecule has 1 aliphatic carbocycles. The highest BCUT2D eigenvalue weighted by Gasteiger charge is 2.30. The molecular formula is C16H12BrN3O2. The number of benzene rings is 1. The van der Waals surface area contributed by atoms with Gasteiger partial charge in [-0.2, -0.15) is 5.10 Å². The Balaban J connectivity index is 2.10. The van der Waals surface area contributed by atoms with E-state index >= 15 is 0 Å². The molecule has 0 saturated heterocycles. The Labute approximate surface area is 134 Å². The molecule has 4 rings (SSSR count). The number of hydrogen-bond acceptors (Lipinski definition) is 3. The lowest BCUT2D eigenvalue weighted by atomic mass is 9.95. The van der Waals surface area contributed by atoms with Gasteiger partial charge in [-0.15, -0.1) is 0 Å². The zero-order valence-electron chi connectivity index (χ0n) is 11.5. The fourth-order valence-corrected chi connectivity index (χ4v) is 3.22. The number of halogens is 1. The van der Waals surface area contributed by atoms with Gasteiger partial charge in [0.05, 0.1) is 5.39 Å². The molecular weight excluding hydrogens is 346 g/mol. The van der Waals surface area contributed by atoms with Crippen LogP contribution in [0.4, 0.5) is 0 Å². The van der Waals surface area contributed by atoms with Gasteiger partial charge in [-0.1, -0.05) is 28.1 Å². The number of aromatic nitrogens is 3. The summed E-state index contributed by atoms with van der Waals surface area (Å²) in [6, 6.07) is 7.89. The minimum Gasteiger partial charge on any atom is -0.476 e. The first-order valence-corrected chi connectivity index (χ1v) is 7.80. The molecule has 1 fully saturated rings. The summed E-state index contributed by atoms with van der Waals surface area (Å²) in [6.07, 6.45) is 4.09. The van der Waals surface area contributed by atoms with Crippen LogP contribution in [0.15, 0.2) is 34.9 Å². The molecule has 0 radical (unpaired) electrons. The van der Waals surface area contributed by atoms with Gasteiger partial charge in [0, 0.05) is 16.2 Å². The highest BCUT2D eigenvalue weighted by atomic mass is 79.9. The molecule has 2 heterocycles. The van der Waals surface area contributed by atoms with Crippen molar-refractivity contribution in [3.63, 3.8) is 0 Å². The molecule has 5 nitrogen and oxygen atoms in total. The smallest absolute Gasteiger partial charge is 0.357 e. The van der Waals surface area contributed by atoms with Crippen LogP contribution in [-0.4, -0.2) is 26.3 Å². The normalized spacial score (nSPS) is 14.4. The first-order valence-electron chi connectivity index (χ1n) is 7.01. The molecule has 3 aromatic rings. The van der Waals surface area contributed by atoms with Gasteiger partial charge in [0.1, 0.15) is 0 Å². The largest absolute Gasteiger partial charge is 0.476 e. The van der Waals surface area contributed by atoms with Crippen molar-refractivity contribution in [3.8, 4) is 11.1 Å². The van der Waals surface area contributed by atoms with E-state index in [2.05, 4.69) is 31.1 Å². The maximum absolute atomic E-state index is 11.5. The van der Waals surface area contributed by atoms with Crippen molar-refractivity contribution in [2.75, 3.05) is 0 Å². The van der Waals surface area contributed by atoms with Crippen LogP contribution in [0.5, 0.6) is 0 Å². The van der Waals surface area contributed by atoms with Gasteiger partial charge in [-0.25, -0.2) is 9.78 Å². The lowest BCUT2D eigenvalue weighted by molar-refractivity contribution is 0.0692. The third kappa shape index (κ3) is 2.11. The number of carboxylic acid groups (broad SMARTS) is 1. The minimum atomic E-state index is -1.04. The average molecular weight is 358 g/mol. The van der Waals surface area contributed by atoms with Crippen molar-refractivity contribution < 1.29 is 9.90 Å². The standard InChI is InChI=1S/C16H12BrN3O2/c17-10-3-1-2-9(6-10)12-11(8-4-5-8)7-18-15-13(12)14(16(21)22)19-20-15/h1-3,6-8H,4-5H2,(H,21,22)(H,18,19,20). The molecule has 1 aromatic carbocycles. The molecule has 110 valence electrons. The van der Waals surface area contributed by atoms with Crippen LogP contribution in [0.25, 0.3) is 22.2 Å². The van der Waals surface area contributed by atoms with Crippen LogP contribution in [0, 0.1) is 0 Å². The van der Waals surface area contributed by atoms with Crippen molar-refractivity contribution in [2.24, 2.45) is 0 Å². The fraction of sp³-hybridized carbons (Fsp3) is 0.188. The molecule has 1 aliphatic rings. The second-order valence-electron chi connectivity index (χ2n) is 5.47. The monoisotopic (exact) mass is 357 g/mol. The number of nitrogens with zero attached hydrogens (tertiary/aromatic N) is 2.